The zero-order chi connectivity index (χ0) is 22.8. The normalized spacial score (nSPS) is 26.6. The first-order valence-corrected chi connectivity index (χ1v) is 12.3. The summed E-state index contributed by atoms with van der Waals surface area (Å²) < 4.78 is 18.7. The summed E-state index contributed by atoms with van der Waals surface area (Å²) in [6, 6.07) is 10.6. The van der Waals surface area contributed by atoms with Gasteiger partial charge in [-0.05, 0) is 93.2 Å². The summed E-state index contributed by atoms with van der Waals surface area (Å²) in [6.45, 7) is 2.22. The number of aryl methyl sites for hydroxylation is 1. The fraction of sp³-hybridized carbons (Fsp3) is 0.571. The molecule has 2 aliphatic carbocycles. The molecule has 0 heterocycles. The van der Waals surface area contributed by atoms with Crippen LogP contribution in [0.25, 0.3) is 0 Å². The number of carbonyl (C=O) groups is 1. The number of halogens is 1. The molecular formula is C28H36FNO2. The molecule has 0 aromatic heterocycles. The van der Waals surface area contributed by atoms with Crippen molar-refractivity contribution in [1.29, 1.82) is 5.26 Å². The SMILES string of the molecule is CCCCc1ccc(C2CCC(C(=O)OC3CCC(/C=C/C=C(F)C#N)CC3)CC2)cc1. The molecule has 1 aromatic rings. The van der Waals surface area contributed by atoms with Crippen molar-refractivity contribution >= 4 is 5.97 Å². The van der Waals surface area contributed by atoms with Gasteiger partial charge >= 0.3 is 5.97 Å². The highest BCUT2D eigenvalue weighted by Crippen LogP contribution is 2.37. The van der Waals surface area contributed by atoms with Crippen molar-refractivity contribution in [1.82, 2.24) is 0 Å². The molecule has 2 saturated carbocycles. The molecule has 0 radical (unpaired) electrons. The third-order valence-corrected chi connectivity index (χ3v) is 7.06. The smallest absolute Gasteiger partial charge is 0.309 e. The molecule has 2 aliphatic rings. The molecule has 0 N–H and O–H groups in total. The number of rotatable bonds is 8. The average molecular weight is 438 g/mol. The summed E-state index contributed by atoms with van der Waals surface area (Å²) in [7, 11) is 0. The number of allylic oxidation sites excluding steroid dienone is 4. The van der Waals surface area contributed by atoms with Gasteiger partial charge < -0.3 is 4.74 Å². The second-order valence-corrected chi connectivity index (χ2v) is 9.38. The summed E-state index contributed by atoms with van der Waals surface area (Å²) in [6.07, 6.45) is 15.9. The van der Waals surface area contributed by atoms with Crippen molar-refractivity contribution in [2.45, 2.75) is 89.6 Å². The van der Waals surface area contributed by atoms with Gasteiger partial charge in [-0.25, -0.2) is 0 Å². The lowest BCUT2D eigenvalue weighted by atomic mass is 9.78. The number of hydrogen-bond acceptors (Lipinski definition) is 3. The van der Waals surface area contributed by atoms with Crippen molar-refractivity contribution < 1.29 is 13.9 Å². The van der Waals surface area contributed by atoms with Gasteiger partial charge in [0.1, 0.15) is 12.2 Å². The van der Waals surface area contributed by atoms with Crippen molar-refractivity contribution in [3.63, 3.8) is 0 Å². The molecule has 172 valence electrons. The van der Waals surface area contributed by atoms with Crippen LogP contribution in [0.4, 0.5) is 4.39 Å². The summed E-state index contributed by atoms with van der Waals surface area (Å²) >= 11 is 0. The Morgan fingerprint density at radius 1 is 1.09 bits per heavy atom. The number of esters is 1. The van der Waals surface area contributed by atoms with Crippen LogP contribution in [0.1, 0.15) is 88.2 Å². The molecule has 1 aromatic carbocycles. The minimum atomic E-state index is -0.775. The Morgan fingerprint density at radius 3 is 2.41 bits per heavy atom. The molecule has 32 heavy (non-hydrogen) atoms. The van der Waals surface area contributed by atoms with Gasteiger partial charge in [0, 0.05) is 0 Å². The maximum absolute atomic E-state index is 12.8. The molecule has 0 saturated heterocycles. The number of nitriles is 1. The second kappa shape index (κ2) is 12.6. The molecule has 0 unspecified atom stereocenters. The average Bonchev–Trinajstić information content (AvgIpc) is 2.84. The first-order chi connectivity index (χ1) is 15.6. The van der Waals surface area contributed by atoms with Gasteiger partial charge in [0.15, 0.2) is 5.83 Å². The number of ether oxygens (including phenoxy) is 1. The fourth-order valence-electron chi connectivity index (χ4n) is 4.99. The van der Waals surface area contributed by atoms with Crippen LogP contribution >= 0.6 is 0 Å². The quantitative estimate of drug-likeness (QED) is 0.243. The van der Waals surface area contributed by atoms with Gasteiger partial charge in [0.2, 0.25) is 0 Å². The first kappa shape index (κ1) is 24.2. The Bertz CT molecular complexity index is 820. The number of hydrogen-bond donors (Lipinski definition) is 0. The standard InChI is InChI=1S/C28H36FNO2/c1-2-3-5-21-8-12-23(13-9-21)24-14-16-25(17-15-24)28(31)32-27-18-10-22(11-19-27)6-4-7-26(29)20-30/h4,6-9,12-13,22,24-25,27H,2-3,5,10-11,14-19H2,1H3/b6-4+,26-7?. The van der Waals surface area contributed by atoms with E-state index in [-0.39, 0.29) is 18.0 Å². The number of carbonyl (C=O) groups excluding carboxylic acids is 1. The monoisotopic (exact) mass is 437 g/mol. The van der Waals surface area contributed by atoms with Gasteiger partial charge in [-0.15, -0.1) is 0 Å². The van der Waals surface area contributed by atoms with E-state index in [2.05, 4.69) is 31.2 Å². The molecule has 2 fully saturated rings. The molecule has 0 spiro atoms. The lowest BCUT2D eigenvalue weighted by Gasteiger charge is -2.31. The molecule has 0 aliphatic heterocycles. The minimum absolute atomic E-state index is 0.00641. The second-order valence-electron chi connectivity index (χ2n) is 9.38. The zero-order valence-electron chi connectivity index (χ0n) is 19.3. The van der Waals surface area contributed by atoms with E-state index in [0.717, 1.165) is 57.8 Å². The third kappa shape index (κ3) is 7.33. The van der Waals surface area contributed by atoms with Crippen molar-refractivity contribution in [3.8, 4) is 6.07 Å². The lowest BCUT2D eigenvalue weighted by Crippen LogP contribution is -2.29. The predicted molar refractivity (Wildman–Crippen MR) is 126 cm³/mol. The van der Waals surface area contributed by atoms with E-state index in [4.69, 9.17) is 10.00 Å². The maximum Gasteiger partial charge on any atom is 0.309 e. The van der Waals surface area contributed by atoms with Crippen LogP contribution in [-0.2, 0) is 16.0 Å². The Hall–Kier alpha value is -2.41. The van der Waals surface area contributed by atoms with E-state index in [0.29, 0.717) is 11.8 Å². The summed E-state index contributed by atoms with van der Waals surface area (Å²) in [5, 5.41) is 8.43. The summed E-state index contributed by atoms with van der Waals surface area (Å²) in [4.78, 5) is 12.7. The van der Waals surface area contributed by atoms with Crippen LogP contribution in [0.15, 0.2) is 48.3 Å². The first-order valence-electron chi connectivity index (χ1n) is 12.3. The molecule has 3 rings (SSSR count). The van der Waals surface area contributed by atoms with E-state index >= 15 is 0 Å². The van der Waals surface area contributed by atoms with E-state index in [1.807, 2.05) is 6.08 Å². The Kier molecular flexibility index (Phi) is 9.53. The van der Waals surface area contributed by atoms with Gasteiger partial charge in [-0.3, -0.25) is 4.79 Å². The van der Waals surface area contributed by atoms with Crippen LogP contribution in [0.2, 0.25) is 0 Å². The van der Waals surface area contributed by atoms with Crippen LogP contribution < -0.4 is 0 Å². The van der Waals surface area contributed by atoms with Gasteiger partial charge in [-0.2, -0.15) is 9.65 Å². The molecule has 3 nitrogen and oxygen atoms in total. The van der Waals surface area contributed by atoms with Crippen molar-refractivity contribution in [2.75, 3.05) is 0 Å². The largest absolute Gasteiger partial charge is 0.462 e. The van der Waals surface area contributed by atoms with Crippen molar-refractivity contribution in [2.24, 2.45) is 11.8 Å². The fourth-order valence-corrected chi connectivity index (χ4v) is 4.99. The predicted octanol–water partition coefficient (Wildman–Crippen LogP) is 7.34. The van der Waals surface area contributed by atoms with Crippen molar-refractivity contribution in [3.05, 3.63) is 59.4 Å². The van der Waals surface area contributed by atoms with Crippen LogP contribution in [0, 0.1) is 23.2 Å². The Labute approximate surface area is 192 Å². The molecule has 0 amide bonds. The van der Waals surface area contributed by atoms with Crippen LogP contribution in [-0.4, -0.2) is 12.1 Å². The number of nitrogens with zero attached hydrogens (tertiary/aromatic N) is 1. The molecule has 0 bridgehead atoms. The number of unbranched alkanes of at least 4 members (excludes halogenated alkanes) is 1. The van der Waals surface area contributed by atoms with Gasteiger partial charge in [-0.1, -0.05) is 49.8 Å². The highest BCUT2D eigenvalue weighted by molar-refractivity contribution is 5.72. The van der Waals surface area contributed by atoms with E-state index in [1.165, 1.54) is 36.1 Å². The summed E-state index contributed by atoms with van der Waals surface area (Å²) in [5.41, 5.74) is 2.83. The highest BCUT2D eigenvalue weighted by atomic mass is 19.1. The number of benzene rings is 1. The summed E-state index contributed by atoms with van der Waals surface area (Å²) in [5.74, 6) is 0.156. The Balaban J connectivity index is 1.38. The maximum atomic E-state index is 12.8. The highest BCUT2D eigenvalue weighted by Gasteiger charge is 2.30. The molecule has 0 atom stereocenters. The molecule has 4 heteroatoms. The van der Waals surface area contributed by atoms with Gasteiger partial charge in [0.05, 0.1) is 5.92 Å². The van der Waals surface area contributed by atoms with E-state index < -0.39 is 5.83 Å². The molecular weight excluding hydrogens is 401 g/mol. The van der Waals surface area contributed by atoms with Crippen LogP contribution in [0.3, 0.4) is 0 Å². The topological polar surface area (TPSA) is 50.1 Å². The zero-order valence-corrected chi connectivity index (χ0v) is 19.3. The van der Waals surface area contributed by atoms with Gasteiger partial charge in [0.25, 0.3) is 0 Å². The lowest BCUT2D eigenvalue weighted by molar-refractivity contribution is -0.157. The van der Waals surface area contributed by atoms with Crippen LogP contribution in [0.5, 0.6) is 0 Å². The minimum Gasteiger partial charge on any atom is -0.462 e. The Morgan fingerprint density at radius 2 is 1.78 bits per heavy atom. The third-order valence-electron chi connectivity index (χ3n) is 7.06. The van der Waals surface area contributed by atoms with E-state index in [1.54, 1.807) is 6.08 Å². The van der Waals surface area contributed by atoms with E-state index in [9.17, 15) is 9.18 Å².